The molecule has 0 saturated heterocycles. The Hall–Kier alpha value is -7.26. The second kappa shape index (κ2) is 22.9. The lowest BCUT2D eigenvalue weighted by Gasteiger charge is -2.13. The molecule has 0 aliphatic rings. The van der Waals surface area contributed by atoms with Crippen molar-refractivity contribution >= 4 is 125 Å². The van der Waals surface area contributed by atoms with Gasteiger partial charge in [-0.1, -0.05) is 29.3 Å². The fourth-order valence-electron chi connectivity index (χ4n) is 5.90. The van der Waals surface area contributed by atoms with Gasteiger partial charge in [-0.25, -0.2) is 5.26 Å². The topological polar surface area (TPSA) is 385 Å². The molecule has 368 valence electrons. The molecule has 0 amide bonds. The van der Waals surface area contributed by atoms with Crippen molar-refractivity contribution in [3.8, 4) is 0 Å². The van der Waals surface area contributed by atoms with E-state index < -0.39 is 45.9 Å². The van der Waals surface area contributed by atoms with E-state index in [2.05, 4.69) is 71.2 Å². The standard InChI is InChI=1S/C40H40N12O14S4/c1-23(53)25-5-11-29(12-6-25)43-37-47-35(41-17-19-67-66-65-55)48-39(51-37)45-31-15-9-27(33(21-31)69(59,60)61)3-4-28-10-16-32(22-34(28)70(62,63)64)46-40-50-36(42-18-20-68(56,57)58)49-38(52-40)44-30-13-7-26(8-14-30)24(2)54/h3-16,21-22,55H,17-20H2,1-2H3,(H,56,57,58)(H,59,60,61)(H,62,63,64)(H3,41,43,45,47,48,51)(H3,42,44,46,49,50,52). The lowest BCUT2D eigenvalue weighted by Crippen LogP contribution is -2.17. The highest BCUT2D eigenvalue weighted by atomic mass is 32.2. The largest absolute Gasteiger partial charge is 0.353 e. The Labute approximate surface area is 403 Å². The van der Waals surface area contributed by atoms with Crippen molar-refractivity contribution < 1.29 is 63.1 Å². The number of aromatic nitrogens is 6. The summed E-state index contributed by atoms with van der Waals surface area (Å²) in [5, 5.41) is 29.1. The Morgan fingerprint density at radius 3 is 1.26 bits per heavy atom. The summed E-state index contributed by atoms with van der Waals surface area (Å²) in [6.07, 6.45) is 2.35. The van der Waals surface area contributed by atoms with Crippen molar-refractivity contribution in [1.29, 1.82) is 0 Å². The average molecular weight is 1040 g/mol. The molecule has 6 aromatic rings. The molecule has 70 heavy (non-hydrogen) atoms. The van der Waals surface area contributed by atoms with Crippen LogP contribution in [0.2, 0.25) is 0 Å². The molecule has 10 N–H and O–H groups in total. The maximum absolute atomic E-state index is 12.7. The van der Waals surface area contributed by atoms with Crippen LogP contribution in [0.3, 0.4) is 0 Å². The van der Waals surface area contributed by atoms with E-state index in [1.165, 1.54) is 50.3 Å². The molecule has 4 aromatic carbocycles. The summed E-state index contributed by atoms with van der Waals surface area (Å²) < 4.78 is 108. The highest BCUT2D eigenvalue weighted by Gasteiger charge is 2.20. The van der Waals surface area contributed by atoms with Crippen molar-refractivity contribution in [1.82, 2.24) is 29.9 Å². The van der Waals surface area contributed by atoms with Crippen molar-refractivity contribution in [2.24, 2.45) is 0 Å². The molecule has 0 radical (unpaired) electrons. The maximum Gasteiger partial charge on any atom is 0.295 e. The van der Waals surface area contributed by atoms with Gasteiger partial charge in [0.15, 0.2) is 11.6 Å². The third kappa shape index (κ3) is 15.6. The lowest BCUT2D eigenvalue weighted by atomic mass is 10.1. The molecule has 0 aliphatic carbocycles. The molecule has 2 heterocycles. The van der Waals surface area contributed by atoms with Crippen LogP contribution in [0.1, 0.15) is 45.7 Å². The number of hydrogen-bond acceptors (Lipinski definition) is 24. The summed E-state index contributed by atoms with van der Waals surface area (Å²) in [5.74, 6) is -1.27. The maximum atomic E-state index is 12.7. The first-order valence-electron chi connectivity index (χ1n) is 19.9. The van der Waals surface area contributed by atoms with Crippen LogP contribution < -0.4 is 31.9 Å². The van der Waals surface area contributed by atoms with Crippen molar-refractivity contribution in [3.63, 3.8) is 0 Å². The first-order valence-corrected chi connectivity index (χ1v) is 25.3. The Kier molecular flexibility index (Phi) is 17.0. The van der Waals surface area contributed by atoms with Crippen LogP contribution in [0.15, 0.2) is 94.7 Å². The number of Topliss-reactive ketones (excluding diaryl/α,β-unsaturated/α-hetero) is 2. The molecule has 30 heteroatoms. The van der Waals surface area contributed by atoms with Gasteiger partial charge in [-0.15, -0.1) is 4.33 Å². The zero-order valence-electron chi connectivity index (χ0n) is 36.3. The van der Waals surface area contributed by atoms with Gasteiger partial charge in [-0.2, -0.15) is 55.2 Å². The van der Waals surface area contributed by atoms with E-state index in [0.29, 0.717) is 22.5 Å². The molecular formula is C40H40N12O14S4. The second-order valence-electron chi connectivity index (χ2n) is 14.3. The number of rotatable bonds is 24. The van der Waals surface area contributed by atoms with Gasteiger partial charge in [0.2, 0.25) is 35.7 Å². The van der Waals surface area contributed by atoms with Crippen LogP contribution >= 0.6 is 12.0 Å². The smallest absolute Gasteiger partial charge is 0.295 e. The molecular weight excluding hydrogens is 1000 g/mol. The number of anilines is 10. The quantitative estimate of drug-likeness (QED) is 0.00643. The molecule has 0 fully saturated rings. The molecule has 0 aliphatic heterocycles. The summed E-state index contributed by atoms with van der Waals surface area (Å²) in [6, 6.07) is 20.1. The van der Waals surface area contributed by atoms with Gasteiger partial charge in [-0.05, 0) is 97.8 Å². The normalized spacial score (nSPS) is 11.8. The zero-order chi connectivity index (χ0) is 50.6. The van der Waals surface area contributed by atoms with Crippen molar-refractivity contribution in [3.05, 3.63) is 107 Å². The molecule has 0 spiro atoms. The molecule has 0 saturated carbocycles. The SMILES string of the molecule is CC(=O)c1ccc(Nc2nc(NCCSOOO)nc(Nc3ccc(C=Cc4ccc(Nc5nc(NCCS(=O)(=O)O)nc(Nc6ccc(C(C)=O)cc6)n5)cc4S(=O)(=O)O)c(S(=O)(=O)O)c3)n2)cc1. The third-order valence-electron chi connectivity index (χ3n) is 9.09. The van der Waals surface area contributed by atoms with Crippen molar-refractivity contribution in [2.75, 3.05) is 56.5 Å². The first-order chi connectivity index (χ1) is 33.1. The third-order valence-corrected chi connectivity index (χ3v) is 12.2. The second-order valence-corrected chi connectivity index (χ2v) is 19.4. The predicted octanol–water partition coefficient (Wildman–Crippen LogP) is 5.88. The van der Waals surface area contributed by atoms with Crippen molar-refractivity contribution in [2.45, 2.75) is 23.6 Å². The highest BCUT2D eigenvalue weighted by Crippen LogP contribution is 2.29. The lowest BCUT2D eigenvalue weighted by molar-refractivity contribution is -0.432. The van der Waals surface area contributed by atoms with E-state index in [1.807, 2.05) is 0 Å². The Morgan fingerprint density at radius 2 is 0.900 bits per heavy atom. The zero-order valence-corrected chi connectivity index (χ0v) is 39.5. The predicted molar refractivity (Wildman–Crippen MR) is 258 cm³/mol. The van der Waals surface area contributed by atoms with E-state index in [0.717, 1.165) is 24.2 Å². The summed E-state index contributed by atoms with van der Waals surface area (Å²) in [6.45, 7) is 2.71. The van der Waals surface area contributed by atoms with Gasteiger partial charge < -0.3 is 31.9 Å². The van der Waals surface area contributed by atoms with Crippen LogP contribution in [0, 0.1) is 0 Å². The minimum absolute atomic E-state index is 0.0100. The van der Waals surface area contributed by atoms with Gasteiger partial charge >= 0.3 is 0 Å². The molecule has 6 rings (SSSR count). The van der Waals surface area contributed by atoms with Gasteiger partial charge in [0.1, 0.15) is 9.79 Å². The van der Waals surface area contributed by atoms with Crippen LogP contribution in [0.4, 0.5) is 58.4 Å². The van der Waals surface area contributed by atoms with Gasteiger partial charge in [0, 0.05) is 64.8 Å². The van der Waals surface area contributed by atoms with Crippen LogP contribution in [0.25, 0.3) is 12.2 Å². The molecule has 0 bridgehead atoms. The monoisotopic (exact) mass is 1040 g/mol. The Bertz CT molecular complexity index is 3260. The number of nitrogens with one attached hydrogen (secondary N) is 6. The summed E-state index contributed by atoms with van der Waals surface area (Å²) >= 11 is 0.773. The van der Waals surface area contributed by atoms with Gasteiger partial charge in [0.25, 0.3) is 30.4 Å². The van der Waals surface area contributed by atoms with Gasteiger partial charge in [0.05, 0.1) is 5.75 Å². The first kappa shape index (κ1) is 52.1. The van der Waals surface area contributed by atoms with Crippen LogP contribution in [-0.4, -0.2) is 110 Å². The summed E-state index contributed by atoms with van der Waals surface area (Å²) in [5.41, 5.74) is 1.68. The number of carbonyl (C=O) groups is 2. The molecule has 0 unspecified atom stereocenters. The fraction of sp³-hybridized carbons (Fsp3) is 0.150. The van der Waals surface area contributed by atoms with Gasteiger partial charge in [-0.3, -0.25) is 23.2 Å². The minimum atomic E-state index is -4.99. The number of hydrogen-bond donors (Lipinski definition) is 10. The Balaban J connectivity index is 1.26. The van der Waals surface area contributed by atoms with E-state index in [4.69, 9.17) is 5.26 Å². The number of benzene rings is 4. The number of nitrogens with zero attached hydrogens (tertiary/aromatic N) is 6. The molecule has 0 atom stereocenters. The summed E-state index contributed by atoms with van der Waals surface area (Å²) in [7, 11) is -14.3. The Morgan fingerprint density at radius 1 is 0.543 bits per heavy atom. The van der Waals surface area contributed by atoms with Crippen LogP contribution in [0.5, 0.6) is 0 Å². The summed E-state index contributed by atoms with van der Waals surface area (Å²) in [4.78, 5) is 47.8. The molecule has 26 nitrogen and oxygen atoms in total. The minimum Gasteiger partial charge on any atom is -0.353 e. The van der Waals surface area contributed by atoms with Crippen LogP contribution in [-0.2, 0) is 39.7 Å². The average Bonchev–Trinajstić information content (AvgIpc) is 3.28. The number of ketones is 2. The van der Waals surface area contributed by atoms with E-state index in [9.17, 15) is 48.5 Å². The van der Waals surface area contributed by atoms with E-state index in [1.54, 1.807) is 48.5 Å². The highest BCUT2D eigenvalue weighted by molar-refractivity contribution is 7.94. The van der Waals surface area contributed by atoms with E-state index in [-0.39, 0.29) is 88.6 Å². The molecule has 2 aromatic heterocycles. The number of carbonyl (C=O) groups excluding carboxylic acids is 2. The fourth-order valence-corrected chi connectivity index (χ4v) is 7.98. The van der Waals surface area contributed by atoms with E-state index >= 15 is 0 Å².